The minimum Gasteiger partial charge on any atom is -0.374 e. The third-order valence-corrected chi connectivity index (χ3v) is 5.34. The first kappa shape index (κ1) is 18.5. The molecule has 1 N–H and O–H groups in total. The molecule has 1 atom stereocenters. The van der Waals surface area contributed by atoms with Gasteiger partial charge < -0.3 is 10.2 Å². The lowest BCUT2D eigenvalue weighted by Crippen LogP contribution is -2.36. The first-order chi connectivity index (χ1) is 12.6. The topological polar surface area (TPSA) is 15.3 Å². The van der Waals surface area contributed by atoms with E-state index in [1.54, 1.807) is 0 Å². The third-order valence-electron chi connectivity index (χ3n) is 5.34. The van der Waals surface area contributed by atoms with Gasteiger partial charge in [-0.1, -0.05) is 74.7 Å². The van der Waals surface area contributed by atoms with Crippen molar-refractivity contribution in [3.8, 4) is 0 Å². The quantitative estimate of drug-likeness (QED) is 0.750. The van der Waals surface area contributed by atoms with Crippen LogP contribution in [0.5, 0.6) is 0 Å². The second-order valence-corrected chi connectivity index (χ2v) is 7.51. The number of rotatable bonds is 8. The minimum atomic E-state index is 0.552. The van der Waals surface area contributed by atoms with Crippen LogP contribution in [0.25, 0.3) is 11.8 Å². The zero-order valence-corrected chi connectivity index (χ0v) is 16.0. The van der Waals surface area contributed by atoms with E-state index in [-0.39, 0.29) is 0 Å². The van der Waals surface area contributed by atoms with Gasteiger partial charge in [-0.15, -0.1) is 0 Å². The van der Waals surface area contributed by atoms with Gasteiger partial charge in [0.2, 0.25) is 0 Å². The van der Waals surface area contributed by atoms with Crippen molar-refractivity contribution in [1.29, 1.82) is 0 Å². The molecule has 1 unspecified atom stereocenters. The van der Waals surface area contributed by atoms with Crippen molar-refractivity contribution in [3.63, 3.8) is 0 Å². The highest BCUT2D eigenvalue weighted by Gasteiger charge is 2.21. The van der Waals surface area contributed by atoms with Crippen LogP contribution < -0.4 is 5.32 Å². The lowest BCUT2D eigenvalue weighted by Gasteiger charge is -2.27. The van der Waals surface area contributed by atoms with E-state index in [1.807, 2.05) is 12.1 Å². The number of nitrogens with zero attached hydrogens (tertiary/aromatic N) is 1. The molecule has 0 saturated carbocycles. The van der Waals surface area contributed by atoms with E-state index >= 15 is 0 Å². The predicted octanol–water partition coefficient (Wildman–Crippen LogP) is 4.63. The molecule has 0 fully saturated rings. The van der Waals surface area contributed by atoms with Gasteiger partial charge in [-0.2, -0.15) is 0 Å². The van der Waals surface area contributed by atoms with Crippen LogP contribution in [0.15, 0.2) is 61.7 Å². The van der Waals surface area contributed by atoms with Gasteiger partial charge in [0, 0.05) is 30.9 Å². The highest BCUT2D eigenvalue weighted by Crippen LogP contribution is 2.23. The number of nitrogens with one attached hydrogen (secondary N) is 1. The number of hydrogen-bond donors (Lipinski definition) is 1. The Morgan fingerprint density at radius 1 is 1.15 bits per heavy atom. The number of benzene rings is 2. The summed E-state index contributed by atoms with van der Waals surface area (Å²) in [6, 6.07) is 17.7. The molecule has 3 rings (SSSR count). The Hall–Kier alpha value is -2.32. The largest absolute Gasteiger partial charge is 0.374 e. The average Bonchev–Trinajstić information content (AvgIpc) is 3.08. The molecule has 0 aliphatic heterocycles. The molecule has 2 heteroatoms. The zero-order valence-electron chi connectivity index (χ0n) is 16.0. The average molecular weight is 347 g/mol. The first-order valence-corrected chi connectivity index (χ1v) is 9.50. The zero-order chi connectivity index (χ0) is 18.5. The van der Waals surface area contributed by atoms with E-state index in [0.717, 1.165) is 42.8 Å². The van der Waals surface area contributed by atoms with Crippen LogP contribution in [0.3, 0.4) is 0 Å². The molecule has 2 nitrogen and oxygen atoms in total. The second kappa shape index (κ2) is 8.37. The first-order valence-electron chi connectivity index (χ1n) is 9.50. The summed E-state index contributed by atoms with van der Waals surface area (Å²) in [4.78, 5) is 2.26. The van der Waals surface area contributed by atoms with E-state index in [4.69, 9.17) is 0 Å². The Morgan fingerprint density at radius 3 is 2.42 bits per heavy atom. The maximum absolute atomic E-state index is 4.31. The predicted molar refractivity (Wildman–Crippen MR) is 113 cm³/mol. The summed E-state index contributed by atoms with van der Waals surface area (Å²) in [5.41, 5.74) is 6.37. The van der Waals surface area contributed by atoms with Crippen molar-refractivity contribution in [2.24, 2.45) is 5.92 Å². The minimum absolute atomic E-state index is 0.552. The lowest BCUT2D eigenvalue weighted by atomic mass is 10.0. The fourth-order valence-corrected chi connectivity index (χ4v) is 3.86. The van der Waals surface area contributed by atoms with Gasteiger partial charge in [0.05, 0.1) is 0 Å². The molecule has 0 saturated heterocycles. The van der Waals surface area contributed by atoms with Crippen LogP contribution in [0.4, 0.5) is 0 Å². The lowest BCUT2D eigenvalue weighted by molar-refractivity contribution is 0.359. The molecule has 2 aromatic rings. The molecule has 0 spiro atoms. The standard InChI is InChI=1S/C24H30N2/c1-5-20-10-8-9-13-24(20)19(3)26(4)17-18(2)16-25-23-14-21-11-6-7-12-22(21)15-23/h5-13,18,23,25H,1,3,14-17H2,2,4H3. The Morgan fingerprint density at radius 2 is 1.77 bits per heavy atom. The fourth-order valence-electron chi connectivity index (χ4n) is 3.86. The smallest absolute Gasteiger partial charge is 0.0370 e. The third kappa shape index (κ3) is 4.25. The van der Waals surface area contributed by atoms with Gasteiger partial charge in [-0.3, -0.25) is 0 Å². The van der Waals surface area contributed by atoms with E-state index < -0.39 is 0 Å². The van der Waals surface area contributed by atoms with Gasteiger partial charge in [0.25, 0.3) is 0 Å². The van der Waals surface area contributed by atoms with Gasteiger partial charge in [-0.25, -0.2) is 0 Å². The van der Waals surface area contributed by atoms with Gasteiger partial charge >= 0.3 is 0 Å². The monoisotopic (exact) mass is 346 g/mol. The molecule has 0 aromatic heterocycles. The number of fused-ring (bicyclic) bond motifs is 1. The summed E-state index contributed by atoms with van der Waals surface area (Å²) in [7, 11) is 2.13. The van der Waals surface area contributed by atoms with Crippen molar-refractivity contribution in [1.82, 2.24) is 10.2 Å². The van der Waals surface area contributed by atoms with Crippen LogP contribution in [0.2, 0.25) is 0 Å². The molecule has 136 valence electrons. The molecule has 0 amide bonds. The molecule has 0 bridgehead atoms. The molecular weight excluding hydrogens is 316 g/mol. The van der Waals surface area contributed by atoms with E-state index in [2.05, 4.69) is 79.8 Å². The SMILES string of the molecule is C=Cc1ccccc1C(=C)N(C)CC(C)CNC1Cc2ccccc2C1. The summed E-state index contributed by atoms with van der Waals surface area (Å²) in [5, 5.41) is 3.76. The second-order valence-electron chi connectivity index (χ2n) is 7.51. The van der Waals surface area contributed by atoms with Crippen molar-refractivity contribution in [2.45, 2.75) is 25.8 Å². The normalized spacial score (nSPS) is 14.7. The fraction of sp³-hybridized carbons (Fsp3) is 0.333. The highest BCUT2D eigenvalue weighted by atomic mass is 15.1. The van der Waals surface area contributed by atoms with E-state index in [1.165, 1.54) is 11.1 Å². The van der Waals surface area contributed by atoms with E-state index in [9.17, 15) is 0 Å². The van der Waals surface area contributed by atoms with Crippen molar-refractivity contribution >= 4 is 11.8 Å². The molecule has 1 aliphatic rings. The van der Waals surface area contributed by atoms with Crippen LogP contribution >= 0.6 is 0 Å². The maximum atomic E-state index is 4.31. The summed E-state index contributed by atoms with van der Waals surface area (Å²) in [6.45, 7) is 12.5. The number of hydrogen-bond acceptors (Lipinski definition) is 2. The van der Waals surface area contributed by atoms with Crippen LogP contribution in [-0.4, -0.2) is 31.1 Å². The van der Waals surface area contributed by atoms with Crippen LogP contribution in [0, 0.1) is 5.92 Å². The molecule has 1 aliphatic carbocycles. The summed E-state index contributed by atoms with van der Waals surface area (Å²) < 4.78 is 0. The Balaban J connectivity index is 1.49. The Labute approximate surface area is 158 Å². The van der Waals surface area contributed by atoms with Crippen molar-refractivity contribution < 1.29 is 0 Å². The summed E-state index contributed by atoms with van der Waals surface area (Å²) in [6.07, 6.45) is 4.20. The Bertz CT molecular complexity index is 752. The maximum Gasteiger partial charge on any atom is 0.0370 e. The molecule has 26 heavy (non-hydrogen) atoms. The molecule has 0 heterocycles. The molecular formula is C24H30N2. The molecule has 2 aromatic carbocycles. The molecule has 0 radical (unpaired) electrons. The highest BCUT2D eigenvalue weighted by molar-refractivity contribution is 5.71. The summed E-state index contributed by atoms with van der Waals surface area (Å²) >= 11 is 0. The van der Waals surface area contributed by atoms with Gasteiger partial charge in [0.1, 0.15) is 0 Å². The van der Waals surface area contributed by atoms with Crippen molar-refractivity contribution in [2.75, 3.05) is 20.1 Å². The Kier molecular flexibility index (Phi) is 5.95. The van der Waals surface area contributed by atoms with Crippen LogP contribution in [0.1, 0.15) is 29.2 Å². The summed E-state index contributed by atoms with van der Waals surface area (Å²) in [5.74, 6) is 0.552. The van der Waals surface area contributed by atoms with Gasteiger partial charge in [-0.05, 0) is 42.0 Å². The van der Waals surface area contributed by atoms with E-state index in [0.29, 0.717) is 12.0 Å². The van der Waals surface area contributed by atoms with Gasteiger partial charge in [0.15, 0.2) is 0 Å². The van der Waals surface area contributed by atoms with Crippen molar-refractivity contribution in [3.05, 3.63) is 83.9 Å². The van der Waals surface area contributed by atoms with Crippen LogP contribution in [-0.2, 0) is 12.8 Å².